The van der Waals surface area contributed by atoms with Crippen LogP contribution in [0.15, 0.2) is 18.3 Å². The molecule has 12 heavy (non-hydrogen) atoms. The maximum atomic E-state index is 11.7. The molecule has 68 valence electrons. The van der Waals surface area contributed by atoms with Crippen molar-refractivity contribution in [3.05, 3.63) is 24.0 Å². The molecule has 1 heterocycles. The molecule has 5 heteroatoms. The second kappa shape index (κ2) is 3.18. The number of aliphatic hydroxyl groups excluding tert-OH is 1. The van der Waals surface area contributed by atoms with Crippen LogP contribution in [0.2, 0.25) is 0 Å². The number of aromatic amines is 1. The topological polar surface area (TPSA) is 36.0 Å². The molecule has 1 atom stereocenters. The van der Waals surface area contributed by atoms with E-state index in [-0.39, 0.29) is 5.69 Å². The Morgan fingerprint density at radius 3 is 2.58 bits per heavy atom. The molecule has 0 saturated heterocycles. The molecule has 1 unspecified atom stereocenters. The minimum Gasteiger partial charge on any atom is -0.387 e. The molecule has 0 saturated carbocycles. The Hall–Kier alpha value is -0.970. The summed E-state index contributed by atoms with van der Waals surface area (Å²) in [6.45, 7) is 0. The van der Waals surface area contributed by atoms with Gasteiger partial charge < -0.3 is 10.1 Å². The highest BCUT2D eigenvalue weighted by Crippen LogP contribution is 2.28. The Kier molecular flexibility index (Phi) is 2.42. The number of rotatable bonds is 2. The summed E-state index contributed by atoms with van der Waals surface area (Å²) < 4.78 is 35.2. The molecular weight excluding hydrogens is 171 g/mol. The number of alkyl halides is 3. The van der Waals surface area contributed by atoms with Crippen LogP contribution in [0.5, 0.6) is 0 Å². The van der Waals surface area contributed by atoms with Crippen LogP contribution in [-0.2, 0) is 0 Å². The SMILES string of the molecule is OC(CC(F)(F)F)c1ccc[nH]1. The van der Waals surface area contributed by atoms with Crippen molar-refractivity contribution in [2.75, 3.05) is 0 Å². The Balaban J connectivity index is 2.56. The van der Waals surface area contributed by atoms with Crippen LogP contribution >= 0.6 is 0 Å². The monoisotopic (exact) mass is 179 g/mol. The average molecular weight is 179 g/mol. The molecule has 0 aliphatic rings. The fourth-order valence-corrected chi connectivity index (χ4v) is 0.881. The largest absolute Gasteiger partial charge is 0.391 e. The molecule has 0 fully saturated rings. The van der Waals surface area contributed by atoms with Gasteiger partial charge >= 0.3 is 6.18 Å². The van der Waals surface area contributed by atoms with Crippen LogP contribution in [0.1, 0.15) is 18.2 Å². The Morgan fingerprint density at radius 2 is 2.17 bits per heavy atom. The second-order valence-corrected chi connectivity index (χ2v) is 2.46. The highest BCUT2D eigenvalue weighted by molar-refractivity contribution is 5.06. The lowest BCUT2D eigenvalue weighted by Crippen LogP contribution is -2.13. The summed E-state index contributed by atoms with van der Waals surface area (Å²) in [7, 11) is 0. The second-order valence-electron chi connectivity index (χ2n) is 2.46. The Morgan fingerprint density at radius 1 is 1.50 bits per heavy atom. The van der Waals surface area contributed by atoms with E-state index in [4.69, 9.17) is 5.11 Å². The number of aliphatic hydroxyl groups is 1. The minimum atomic E-state index is -4.33. The van der Waals surface area contributed by atoms with Crippen LogP contribution in [0.4, 0.5) is 13.2 Å². The summed E-state index contributed by atoms with van der Waals surface area (Å²) in [6.07, 6.45) is -5.56. The highest BCUT2D eigenvalue weighted by Gasteiger charge is 2.31. The van der Waals surface area contributed by atoms with Crippen molar-refractivity contribution in [3.8, 4) is 0 Å². The van der Waals surface area contributed by atoms with E-state index in [1.54, 1.807) is 0 Å². The van der Waals surface area contributed by atoms with Gasteiger partial charge in [-0.25, -0.2) is 0 Å². The van der Waals surface area contributed by atoms with Crippen LogP contribution < -0.4 is 0 Å². The van der Waals surface area contributed by atoms with E-state index in [0.29, 0.717) is 0 Å². The van der Waals surface area contributed by atoms with Crippen molar-refractivity contribution < 1.29 is 18.3 Å². The van der Waals surface area contributed by atoms with Gasteiger partial charge in [-0.2, -0.15) is 13.2 Å². The number of H-pyrrole nitrogens is 1. The molecule has 0 aromatic carbocycles. The van der Waals surface area contributed by atoms with Gasteiger partial charge in [0.1, 0.15) is 6.10 Å². The first kappa shape index (κ1) is 9.12. The van der Waals surface area contributed by atoms with E-state index in [9.17, 15) is 13.2 Å². The molecule has 0 bridgehead atoms. The lowest BCUT2D eigenvalue weighted by atomic mass is 10.2. The number of halogens is 3. The molecule has 0 radical (unpaired) electrons. The van der Waals surface area contributed by atoms with Gasteiger partial charge in [-0.15, -0.1) is 0 Å². The summed E-state index contributed by atoms with van der Waals surface area (Å²) >= 11 is 0. The van der Waals surface area contributed by atoms with Gasteiger partial charge in [0.05, 0.1) is 6.42 Å². The third-order valence-electron chi connectivity index (χ3n) is 1.41. The first-order valence-corrected chi connectivity index (χ1v) is 3.37. The first-order chi connectivity index (χ1) is 5.49. The van der Waals surface area contributed by atoms with E-state index >= 15 is 0 Å². The summed E-state index contributed by atoms with van der Waals surface area (Å²) in [5.41, 5.74) is 0.187. The van der Waals surface area contributed by atoms with Gasteiger partial charge in [0, 0.05) is 11.9 Å². The zero-order valence-corrected chi connectivity index (χ0v) is 6.10. The molecule has 0 spiro atoms. The van der Waals surface area contributed by atoms with Gasteiger partial charge in [0.15, 0.2) is 0 Å². The molecular formula is C7H8F3NO. The number of hydrogen-bond donors (Lipinski definition) is 2. The van der Waals surface area contributed by atoms with Crippen LogP contribution in [0, 0.1) is 0 Å². The van der Waals surface area contributed by atoms with Gasteiger partial charge in [-0.3, -0.25) is 0 Å². The molecule has 0 aliphatic heterocycles. The molecule has 2 nitrogen and oxygen atoms in total. The van der Waals surface area contributed by atoms with Crippen molar-refractivity contribution in [1.82, 2.24) is 4.98 Å². The van der Waals surface area contributed by atoms with Gasteiger partial charge in [0.2, 0.25) is 0 Å². The van der Waals surface area contributed by atoms with E-state index in [1.807, 2.05) is 0 Å². The maximum absolute atomic E-state index is 11.7. The van der Waals surface area contributed by atoms with E-state index in [1.165, 1.54) is 18.3 Å². The predicted molar refractivity (Wildman–Crippen MR) is 36.4 cm³/mol. The summed E-state index contributed by atoms with van der Waals surface area (Å²) in [5.74, 6) is 0. The predicted octanol–water partition coefficient (Wildman–Crippen LogP) is 2.00. The number of nitrogens with one attached hydrogen (secondary N) is 1. The first-order valence-electron chi connectivity index (χ1n) is 3.37. The van der Waals surface area contributed by atoms with Crippen LogP contribution in [-0.4, -0.2) is 16.3 Å². The summed E-state index contributed by atoms with van der Waals surface area (Å²) in [4.78, 5) is 2.51. The van der Waals surface area contributed by atoms with Crippen molar-refractivity contribution in [2.24, 2.45) is 0 Å². The van der Waals surface area contributed by atoms with Crippen LogP contribution in [0.3, 0.4) is 0 Å². The molecule has 2 N–H and O–H groups in total. The molecule has 1 aromatic rings. The van der Waals surface area contributed by atoms with E-state index in [0.717, 1.165) is 0 Å². The quantitative estimate of drug-likeness (QED) is 0.715. The normalized spacial score (nSPS) is 14.7. The number of aromatic nitrogens is 1. The Bertz CT molecular complexity index is 229. The minimum absolute atomic E-state index is 0.187. The summed E-state index contributed by atoms with van der Waals surface area (Å²) in [6, 6.07) is 2.95. The third-order valence-corrected chi connectivity index (χ3v) is 1.41. The lowest BCUT2D eigenvalue weighted by Gasteiger charge is -2.11. The Labute approximate surface area is 67.0 Å². The fourth-order valence-electron chi connectivity index (χ4n) is 0.881. The van der Waals surface area contributed by atoms with Gasteiger partial charge in [0.25, 0.3) is 0 Å². The van der Waals surface area contributed by atoms with Crippen molar-refractivity contribution >= 4 is 0 Å². The fraction of sp³-hybridized carbons (Fsp3) is 0.429. The summed E-state index contributed by atoms with van der Waals surface area (Å²) in [5, 5.41) is 8.99. The third kappa shape index (κ3) is 2.58. The molecule has 0 amide bonds. The maximum Gasteiger partial charge on any atom is 0.391 e. The van der Waals surface area contributed by atoms with Gasteiger partial charge in [-0.05, 0) is 12.1 Å². The average Bonchev–Trinajstić information content (AvgIpc) is 2.32. The van der Waals surface area contributed by atoms with E-state index < -0.39 is 18.7 Å². The number of hydrogen-bond acceptors (Lipinski definition) is 1. The standard InChI is InChI=1S/C7H8F3NO/c8-7(9,10)4-6(12)5-2-1-3-11-5/h1-3,6,11-12H,4H2. The molecule has 1 aromatic heterocycles. The molecule has 0 aliphatic carbocycles. The van der Waals surface area contributed by atoms with Crippen LogP contribution in [0.25, 0.3) is 0 Å². The zero-order valence-electron chi connectivity index (χ0n) is 6.10. The lowest BCUT2D eigenvalue weighted by molar-refractivity contribution is -0.154. The van der Waals surface area contributed by atoms with Crippen molar-refractivity contribution in [2.45, 2.75) is 18.7 Å². The van der Waals surface area contributed by atoms with Crippen molar-refractivity contribution in [1.29, 1.82) is 0 Å². The van der Waals surface area contributed by atoms with Gasteiger partial charge in [-0.1, -0.05) is 0 Å². The zero-order chi connectivity index (χ0) is 9.19. The van der Waals surface area contributed by atoms with E-state index in [2.05, 4.69) is 4.98 Å². The molecule has 1 rings (SSSR count). The van der Waals surface area contributed by atoms with Crippen molar-refractivity contribution in [3.63, 3.8) is 0 Å². The smallest absolute Gasteiger partial charge is 0.387 e. The highest BCUT2D eigenvalue weighted by atomic mass is 19.4.